The molecular formula is C9H12O2. The fraction of sp³-hybridized carbons (Fsp3) is 0.667. The van der Waals surface area contributed by atoms with Gasteiger partial charge in [0.15, 0.2) is 5.78 Å². The van der Waals surface area contributed by atoms with E-state index in [4.69, 9.17) is 4.74 Å². The summed E-state index contributed by atoms with van der Waals surface area (Å²) in [5.74, 6) is 1.59. The second-order valence-electron chi connectivity index (χ2n) is 3.42. The zero-order chi connectivity index (χ0) is 7.84. The number of rotatable bonds is 0. The smallest absolute Gasteiger partial charge is 0.159 e. The van der Waals surface area contributed by atoms with Gasteiger partial charge < -0.3 is 4.74 Å². The van der Waals surface area contributed by atoms with E-state index >= 15 is 0 Å². The molecule has 2 aliphatic rings. The number of hydrogen-bond acceptors (Lipinski definition) is 2. The molecule has 0 aromatic heterocycles. The Balaban J connectivity index is 2.15. The van der Waals surface area contributed by atoms with Gasteiger partial charge in [-0.25, -0.2) is 0 Å². The van der Waals surface area contributed by atoms with Crippen molar-refractivity contribution in [3.8, 4) is 0 Å². The van der Waals surface area contributed by atoms with Gasteiger partial charge in [-0.15, -0.1) is 0 Å². The third kappa shape index (κ3) is 1.17. The molecule has 0 unspecified atom stereocenters. The van der Waals surface area contributed by atoms with Crippen LogP contribution in [0.1, 0.15) is 26.2 Å². The van der Waals surface area contributed by atoms with E-state index in [2.05, 4.69) is 6.92 Å². The molecule has 1 aliphatic heterocycles. The maximum Gasteiger partial charge on any atom is 0.159 e. The summed E-state index contributed by atoms with van der Waals surface area (Å²) in [6.45, 7) is 2.06. The zero-order valence-corrected chi connectivity index (χ0v) is 6.67. The van der Waals surface area contributed by atoms with Gasteiger partial charge in [-0.3, -0.25) is 4.79 Å². The van der Waals surface area contributed by atoms with Crippen LogP contribution < -0.4 is 0 Å². The largest absolute Gasteiger partial charge is 0.495 e. The van der Waals surface area contributed by atoms with Crippen molar-refractivity contribution in [1.82, 2.24) is 0 Å². The molecule has 0 bridgehead atoms. The summed E-state index contributed by atoms with van der Waals surface area (Å²) in [4.78, 5) is 11.0. The summed E-state index contributed by atoms with van der Waals surface area (Å²) in [5, 5.41) is 0. The van der Waals surface area contributed by atoms with Crippen LogP contribution in [0.4, 0.5) is 0 Å². The summed E-state index contributed by atoms with van der Waals surface area (Å²) in [6.07, 6.45) is 4.87. The van der Waals surface area contributed by atoms with Gasteiger partial charge in [0.25, 0.3) is 0 Å². The second-order valence-corrected chi connectivity index (χ2v) is 3.42. The Morgan fingerprint density at radius 1 is 1.55 bits per heavy atom. The minimum Gasteiger partial charge on any atom is -0.495 e. The summed E-state index contributed by atoms with van der Waals surface area (Å²) in [7, 11) is 0. The monoisotopic (exact) mass is 152 g/mol. The molecule has 1 fully saturated rings. The Bertz CT molecular complexity index is 218. The van der Waals surface area contributed by atoms with E-state index in [1.165, 1.54) is 0 Å². The van der Waals surface area contributed by atoms with Crippen molar-refractivity contribution in [3.63, 3.8) is 0 Å². The number of fused-ring (bicyclic) bond motifs is 1. The van der Waals surface area contributed by atoms with Crippen LogP contribution >= 0.6 is 0 Å². The third-order valence-electron chi connectivity index (χ3n) is 2.41. The van der Waals surface area contributed by atoms with Crippen LogP contribution in [0.15, 0.2) is 11.8 Å². The molecule has 2 rings (SSSR count). The molecule has 1 aliphatic carbocycles. The highest BCUT2D eigenvalue weighted by Crippen LogP contribution is 2.34. The average Bonchev–Trinajstić information content (AvgIpc) is 2.27. The molecule has 0 saturated carbocycles. The van der Waals surface area contributed by atoms with E-state index in [1.807, 2.05) is 0 Å². The van der Waals surface area contributed by atoms with Crippen molar-refractivity contribution in [2.24, 2.45) is 5.92 Å². The highest BCUT2D eigenvalue weighted by Gasteiger charge is 2.31. The summed E-state index contributed by atoms with van der Waals surface area (Å²) in [6, 6.07) is 0. The molecule has 0 spiro atoms. The first-order valence-corrected chi connectivity index (χ1v) is 4.17. The van der Waals surface area contributed by atoms with Gasteiger partial charge in [0.05, 0.1) is 6.10 Å². The summed E-state index contributed by atoms with van der Waals surface area (Å²) in [5.41, 5.74) is 0. The molecule has 0 aromatic rings. The average molecular weight is 152 g/mol. The number of carbonyl (C=O) groups excluding carboxylic acids is 1. The van der Waals surface area contributed by atoms with Crippen LogP contribution in [0.2, 0.25) is 0 Å². The van der Waals surface area contributed by atoms with Gasteiger partial charge in [0.1, 0.15) is 5.76 Å². The van der Waals surface area contributed by atoms with Crippen LogP contribution in [0, 0.1) is 5.92 Å². The molecule has 0 amide bonds. The standard InChI is InChI=1S/C9H12O2/c1-6-2-3-7-4-8(10)5-9(7)11-6/h5-7H,2-4H2,1H3/t6-,7-/m1/s1. The molecular weight excluding hydrogens is 140 g/mol. The van der Waals surface area contributed by atoms with Crippen molar-refractivity contribution in [3.05, 3.63) is 11.8 Å². The Morgan fingerprint density at radius 2 is 2.36 bits per heavy atom. The molecule has 0 N–H and O–H groups in total. The van der Waals surface area contributed by atoms with E-state index in [0.717, 1.165) is 18.6 Å². The fourth-order valence-electron chi connectivity index (χ4n) is 1.78. The predicted molar refractivity (Wildman–Crippen MR) is 41.0 cm³/mol. The number of ether oxygens (including phenoxy) is 1. The first-order chi connectivity index (χ1) is 5.25. The number of hydrogen-bond donors (Lipinski definition) is 0. The van der Waals surface area contributed by atoms with Crippen molar-refractivity contribution in [2.45, 2.75) is 32.3 Å². The molecule has 0 radical (unpaired) electrons. The molecule has 2 heteroatoms. The lowest BCUT2D eigenvalue weighted by atomic mass is 9.96. The van der Waals surface area contributed by atoms with Crippen LogP contribution in [0.25, 0.3) is 0 Å². The Kier molecular flexibility index (Phi) is 1.48. The van der Waals surface area contributed by atoms with Gasteiger partial charge in [0, 0.05) is 18.4 Å². The molecule has 11 heavy (non-hydrogen) atoms. The topological polar surface area (TPSA) is 26.3 Å². The van der Waals surface area contributed by atoms with Crippen LogP contribution in [-0.4, -0.2) is 11.9 Å². The normalized spacial score (nSPS) is 36.1. The number of allylic oxidation sites excluding steroid dienone is 2. The van der Waals surface area contributed by atoms with Crippen molar-refractivity contribution >= 4 is 5.78 Å². The summed E-state index contributed by atoms with van der Waals surface area (Å²) < 4.78 is 5.52. The Hall–Kier alpha value is -0.790. The van der Waals surface area contributed by atoms with Crippen LogP contribution in [0.5, 0.6) is 0 Å². The van der Waals surface area contributed by atoms with Gasteiger partial charge in [-0.05, 0) is 19.8 Å². The van der Waals surface area contributed by atoms with E-state index in [9.17, 15) is 4.79 Å². The molecule has 1 heterocycles. The molecule has 1 saturated heterocycles. The highest BCUT2D eigenvalue weighted by molar-refractivity contribution is 5.93. The number of ketones is 1. The lowest BCUT2D eigenvalue weighted by Gasteiger charge is -2.26. The Morgan fingerprint density at radius 3 is 3.18 bits per heavy atom. The van der Waals surface area contributed by atoms with Gasteiger partial charge in [-0.2, -0.15) is 0 Å². The first kappa shape index (κ1) is 6.89. The van der Waals surface area contributed by atoms with Crippen LogP contribution in [0.3, 0.4) is 0 Å². The van der Waals surface area contributed by atoms with Crippen molar-refractivity contribution < 1.29 is 9.53 Å². The van der Waals surface area contributed by atoms with Crippen LogP contribution in [-0.2, 0) is 9.53 Å². The van der Waals surface area contributed by atoms with E-state index < -0.39 is 0 Å². The maximum atomic E-state index is 11.0. The minimum absolute atomic E-state index is 0.235. The van der Waals surface area contributed by atoms with Crippen molar-refractivity contribution in [2.75, 3.05) is 0 Å². The maximum absolute atomic E-state index is 11.0. The molecule has 0 aromatic carbocycles. The SMILES string of the molecule is C[C@@H]1CC[C@@H]2CC(=O)C=C2O1. The Labute approximate surface area is 66.2 Å². The zero-order valence-electron chi connectivity index (χ0n) is 6.67. The second kappa shape index (κ2) is 2.36. The fourth-order valence-corrected chi connectivity index (χ4v) is 1.78. The van der Waals surface area contributed by atoms with Gasteiger partial charge >= 0.3 is 0 Å². The predicted octanol–water partition coefficient (Wildman–Crippen LogP) is 1.66. The lowest BCUT2D eigenvalue weighted by molar-refractivity contribution is -0.114. The molecule has 2 nitrogen and oxygen atoms in total. The summed E-state index contributed by atoms with van der Waals surface area (Å²) >= 11 is 0. The van der Waals surface area contributed by atoms with E-state index in [-0.39, 0.29) is 5.78 Å². The van der Waals surface area contributed by atoms with E-state index in [1.54, 1.807) is 6.08 Å². The van der Waals surface area contributed by atoms with Gasteiger partial charge in [-0.1, -0.05) is 0 Å². The van der Waals surface area contributed by atoms with E-state index in [0.29, 0.717) is 18.4 Å². The lowest BCUT2D eigenvalue weighted by Crippen LogP contribution is -2.19. The molecule has 2 atom stereocenters. The highest BCUT2D eigenvalue weighted by atomic mass is 16.5. The quantitative estimate of drug-likeness (QED) is 0.527. The van der Waals surface area contributed by atoms with Gasteiger partial charge in [0.2, 0.25) is 0 Å². The number of carbonyl (C=O) groups is 1. The molecule has 60 valence electrons. The first-order valence-electron chi connectivity index (χ1n) is 4.17. The minimum atomic E-state index is 0.235. The third-order valence-corrected chi connectivity index (χ3v) is 2.41. The van der Waals surface area contributed by atoms with Crippen molar-refractivity contribution in [1.29, 1.82) is 0 Å².